The minimum atomic E-state index is -0.348. The number of methoxy groups -OCH3 is 1. The molecular formula is C28H31N3O6. The molecule has 3 aromatic rings. The number of benzene rings is 2. The summed E-state index contributed by atoms with van der Waals surface area (Å²) >= 11 is 0. The lowest BCUT2D eigenvalue weighted by molar-refractivity contribution is -0.132. The van der Waals surface area contributed by atoms with Crippen molar-refractivity contribution >= 4 is 11.8 Å². The number of hydrogen-bond acceptors (Lipinski definition) is 7. The fourth-order valence-electron chi connectivity index (χ4n) is 4.99. The maximum absolute atomic E-state index is 13.8. The van der Waals surface area contributed by atoms with E-state index < -0.39 is 0 Å². The van der Waals surface area contributed by atoms with E-state index in [0.717, 1.165) is 27.9 Å². The van der Waals surface area contributed by atoms with Gasteiger partial charge < -0.3 is 29.0 Å². The molecule has 0 saturated carbocycles. The van der Waals surface area contributed by atoms with Gasteiger partial charge in [-0.05, 0) is 67.6 Å². The smallest absolute Gasteiger partial charge is 0.257 e. The zero-order chi connectivity index (χ0) is 25.9. The lowest BCUT2D eigenvalue weighted by Gasteiger charge is -2.38. The van der Waals surface area contributed by atoms with Gasteiger partial charge in [-0.1, -0.05) is 17.3 Å². The molecule has 37 heavy (non-hydrogen) atoms. The van der Waals surface area contributed by atoms with Crippen molar-refractivity contribution in [3.63, 3.8) is 0 Å². The Kier molecular flexibility index (Phi) is 7.03. The average molecular weight is 506 g/mol. The van der Waals surface area contributed by atoms with Gasteiger partial charge in [0.1, 0.15) is 11.5 Å². The number of hydrogen-bond donors (Lipinski definition) is 1. The summed E-state index contributed by atoms with van der Waals surface area (Å²) in [5.74, 6) is 2.17. The third-order valence-corrected chi connectivity index (χ3v) is 6.93. The Balaban J connectivity index is 1.59. The highest BCUT2D eigenvalue weighted by molar-refractivity contribution is 5.81. The summed E-state index contributed by atoms with van der Waals surface area (Å²) in [6.45, 7) is 5.03. The molecule has 9 heteroatoms. The number of rotatable bonds is 3. The maximum atomic E-state index is 13.8. The fourth-order valence-corrected chi connectivity index (χ4v) is 4.99. The van der Waals surface area contributed by atoms with Gasteiger partial charge in [-0.25, -0.2) is 0 Å². The molecule has 1 atom stereocenters. The van der Waals surface area contributed by atoms with Gasteiger partial charge in [-0.2, -0.15) is 0 Å². The monoisotopic (exact) mass is 505 g/mol. The Morgan fingerprint density at radius 2 is 2.08 bits per heavy atom. The molecule has 0 aliphatic carbocycles. The van der Waals surface area contributed by atoms with Gasteiger partial charge in [0.05, 0.1) is 31.9 Å². The fraction of sp³-hybridized carbons (Fsp3) is 0.393. The molecule has 4 heterocycles. The van der Waals surface area contributed by atoms with Gasteiger partial charge in [0.25, 0.3) is 5.91 Å². The number of nitrogens with one attached hydrogen (secondary N) is 1. The molecule has 1 unspecified atom stereocenters. The van der Waals surface area contributed by atoms with E-state index in [2.05, 4.69) is 10.5 Å². The zero-order valence-electron chi connectivity index (χ0n) is 21.3. The molecule has 0 fully saturated rings. The lowest BCUT2D eigenvalue weighted by Crippen LogP contribution is -2.41. The van der Waals surface area contributed by atoms with E-state index in [-0.39, 0.29) is 30.9 Å². The van der Waals surface area contributed by atoms with E-state index in [1.165, 1.54) is 0 Å². The highest BCUT2D eigenvalue weighted by atomic mass is 16.5. The van der Waals surface area contributed by atoms with Crippen LogP contribution in [0, 0.1) is 13.8 Å². The van der Waals surface area contributed by atoms with Gasteiger partial charge in [-0.15, -0.1) is 0 Å². The number of carbonyl (C=O) groups excluding carboxylic acids is 2. The van der Waals surface area contributed by atoms with Gasteiger partial charge in [0.2, 0.25) is 5.91 Å². The molecule has 6 bridgehead atoms. The molecule has 3 aliphatic heterocycles. The van der Waals surface area contributed by atoms with Crippen molar-refractivity contribution in [1.29, 1.82) is 0 Å². The molecule has 2 aromatic carbocycles. The second-order valence-corrected chi connectivity index (χ2v) is 9.33. The van der Waals surface area contributed by atoms with Crippen molar-refractivity contribution in [2.24, 2.45) is 0 Å². The summed E-state index contributed by atoms with van der Waals surface area (Å²) in [6.07, 6.45) is 1.50. The van der Waals surface area contributed by atoms with Crippen molar-refractivity contribution < 1.29 is 28.3 Å². The summed E-state index contributed by atoms with van der Waals surface area (Å²) < 4.78 is 22.8. The third kappa shape index (κ3) is 5.12. The quantitative estimate of drug-likeness (QED) is 0.583. The van der Waals surface area contributed by atoms with E-state index in [0.29, 0.717) is 55.5 Å². The van der Waals surface area contributed by atoms with Crippen LogP contribution in [0.2, 0.25) is 0 Å². The lowest BCUT2D eigenvalue weighted by atomic mass is 9.87. The first kappa shape index (κ1) is 24.7. The molecule has 1 aromatic heterocycles. The van der Waals surface area contributed by atoms with Crippen LogP contribution in [-0.2, 0) is 22.4 Å². The van der Waals surface area contributed by atoms with E-state index in [9.17, 15) is 9.59 Å². The first-order chi connectivity index (χ1) is 17.9. The normalized spacial score (nSPS) is 17.5. The highest BCUT2D eigenvalue weighted by Crippen LogP contribution is 2.42. The van der Waals surface area contributed by atoms with Crippen molar-refractivity contribution in [3.8, 4) is 17.2 Å². The molecule has 9 nitrogen and oxygen atoms in total. The largest absolute Gasteiger partial charge is 0.494 e. The molecule has 6 rings (SSSR count). The highest BCUT2D eigenvalue weighted by Gasteiger charge is 2.34. The van der Waals surface area contributed by atoms with Crippen LogP contribution in [0.1, 0.15) is 46.2 Å². The standard InChI is InChI=1S/C28H31N3O6/c1-17-22(18(2)37-30-17)15-27(33)31-10-8-19-13-25-24(34-3)14-23(19)28(31)20-6-4-7-21(12-20)35-11-5-9-29-26(32)16-36-25/h4,6-7,12-14,28H,5,8-11,15-16H2,1-3H3,(H,29,32). The molecule has 2 amide bonds. The predicted octanol–water partition coefficient (Wildman–Crippen LogP) is 3.29. The number of aryl methyl sites for hydroxylation is 2. The average Bonchev–Trinajstić information content (AvgIpc) is 3.22. The number of nitrogens with zero attached hydrogens (tertiary/aromatic N) is 2. The molecule has 1 N–H and O–H groups in total. The first-order valence-electron chi connectivity index (χ1n) is 12.5. The van der Waals surface area contributed by atoms with Crippen LogP contribution in [0.25, 0.3) is 0 Å². The topological polar surface area (TPSA) is 103 Å². The van der Waals surface area contributed by atoms with Crippen LogP contribution < -0.4 is 19.5 Å². The van der Waals surface area contributed by atoms with Gasteiger partial charge in [-0.3, -0.25) is 9.59 Å². The SMILES string of the molecule is COc1cc2c3cc1OCC(=O)NCCCOc1cccc(c1)C2N(C(=O)Cc1c(C)noc1C)CC3. The van der Waals surface area contributed by atoms with Crippen LogP contribution in [-0.4, -0.2) is 55.3 Å². The van der Waals surface area contributed by atoms with E-state index in [4.69, 9.17) is 18.7 Å². The molecular weight excluding hydrogens is 474 g/mol. The second kappa shape index (κ2) is 10.5. The Morgan fingerprint density at radius 3 is 2.86 bits per heavy atom. The Bertz CT molecular complexity index is 1300. The van der Waals surface area contributed by atoms with Crippen molar-refractivity contribution in [2.75, 3.05) is 33.4 Å². The summed E-state index contributed by atoms with van der Waals surface area (Å²) in [4.78, 5) is 27.9. The summed E-state index contributed by atoms with van der Waals surface area (Å²) in [5, 5.41) is 6.86. The van der Waals surface area contributed by atoms with Crippen LogP contribution >= 0.6 is 0 Å². The number of ether oxygens (including phenoxy) is 3. The van der Waals surface area contributed by atoms with E-state index in [1.54, 1.807) is 7.11 Å². The second-order valence-electron chi connectivity index (χ2n) is 9.33. The van der Waals surface area contributed by atoms with E-state index in [1.807, 2.05) is 55.1 Å². The van der Waals surface area contributed by atoms with E-state index >= 15 is 0 Å². The Labute approximate surface area is 215 Å². The summed E-state index contributed by atoms with van der Waals surface area (Å²) in [7, 11) is 1.57. The van der Waals surface area contributed by atoms with Gasteiger partial charge >= 0.3 is 0 Å². The van der Waals surface area contributed by atoms with Crippen molar-refractivity contribution in [2.45, 2.75) is 39.2 Å². The molecule has 3 aliphatic rings. The minimum absolute atomic E-state index is 0.0123. The van der Waals surface area contributed by atoms with Crippen molar-refractivity contribution in [1.82, 2.24) is 15.4 Å². The summed E-state index contributed by atoms with van der Waals surface area (Å²) in [6, 6.07) is 11.3. The third-order valence-electron chi connectivity index (χ3n) is 6.93. The molecule has 0 saturated heterocycles. The van der Waals surface area contributed by atoms with Crippen molar-refractivity contribution in [3.05, 3.63) is 70.1 Å². The Hall–Kier alpha value is -4.01. The first-order valence-corrected chi connectivity index (χ1v) is 12.5. The van der Waals surface area contributed by atoms with Crippen LogP contribution in [0.3, 0.4) is 0 Å². The number of aromatic nitrogens is 1. The summed E-state index contributed by atoms with van der Waals surface area (Å²) in [5.41, 5.74) is 4.49. The zero-order valence-corrected chi connectivity index (χ0v) is 21.3. The maximum Gasteiger partial charge on any atom is 0.257 e. The van der Waals surface area contributed by atoms with Gasteiger partial charge in [0.15, 0.2) is 18.1 Å². The van der Waals surface area contributed by atoms with Gasteiger partial charge in [0, 0.05) is 18.7 Å². The van der Waals surface area contributed by atoms with Crippen LogP contribution in [0.5, 0.6) is 17.2 Å². The number of carbonyl (C=O) groups is 2. The predicted molar refractivity (Wildman–Crippen MR) is 135 cm³/mol. The van der Waals surface area contributed by atoms with Crippen LogP contribution in [0.4, 0.5) is 0 Å². The molecule has 194 valence electrons. The molecule has 0 spiro atoms. The number of fused-ring (bicyclic) bond motifs is 8. The molecule has 0 radical (unpaired) electrons. The number of amides is 2. The van der Waals surface area contributed by atoms with Crippen LogP contribution in [0.15, 0.2) is 40.9 Å². The Morgan fingerprint density at radius 1 is 1.22 bits per heavy atom. The minimum Gasteiger partial charge on any atom is -0.494 e.